The van der Waals surface area contributed by atoms with Gasteiger partial charge in [-0.05, 0) is 55.3 Å². The quantitative estimate of drug-likeness (QED) is 0.469. The van der Waals surface area contributed by atoms with E-state index in [4.69, 9.17) is 21.1 Å². The lowest BCUT2D eigenvalue weighted by molar-refractivity contribution is 0.0481. The molecule has 1 fully saturated rings. The lowest BCUT2D eigenvalue weighted by Crippen LogP contribution is -2.34. The third kappa shape index (κ3) is 5.91. The largest absolute Gasteiger partial charge is 0.385 e. The highest BCUT2D eigenvalue weighted by Crippen LogP contribution is 2.47. The van der Waals surface area contributed by atoms with Crippen molar-refractivity contribution in [1.82, 2.24) is 0 Å². The molecule has 0 aliphatic heterocycles. The Balaban J connectivity index is 2.28. The van der Waals surface area contributed by atoms with E-state index in [1.165, 1.54) is 25.7 Å². The van der Waals surface area contributed by atoms with Gasteiger partial charge >= 0.3 is 0 Å². The summed E-state index contributed by atoms with van der Waals surface area (Å²) in [6, 6.07) is 0. The number of halogens is 1. The smallest absolute Gasteiger partial charge is 0.0487 e. The molecule has 0 aromatic heterocycles. The van der Waals surface area contributed by atoms with Crippen LogP contribution in [0.15, 0.2) is 0 Å². The van der Waals surface area contributed by atoms with Crippen molar-refractivity contribution in [3.8, 4) is 0 Å². The molecule has 0 heterocycles. The van der Waals surface area contributed by atoms with Crippen molar-refractivity contribution >= 4 is 11.6 Å². The molecule has 20 heavy (non-hydrogen) atoms. The van der Waals surface area contributed by atoms with Gasteiger partial charge in [0.2, 0.25) is 0 Å². The van der Waals surface area contributed by atoms with Crippen LogP contribution >= 0.6 is 11.6 Å². The Morgan fingerprint density at radius 3 is 2.25 bits per heavy atom. The Morgan fingerprint density at radius 2 is 1.75 bits per heavy atom. The Morgan fingerprint density at radius 1 is 1.10 bits per heavy atom. The normalized spacial score (nSPS) is 27.8. The highest BCUT2D eigenvalue weighted by Gasteiger charge is 2.37. The third-order valence-corrected chi connectivity index (χ3v) is 5.54. The molecule has 0 unspecified atom stereocenters. The van der Waals surface area contributed by atoms with E-state index in [2.05, 4.69) is 20.8 Å². The third-order valence-electron chi connectivity index (χ3n) is 4.97. The van der Waals surface area contributed by atoms with E-state index in [0.29, 0.717) is 10.8 Å². The first-order chi connectivity index (χ1) is 9.43. The minimum Gasteiger partial charge on any atom is -0.385 e. The first kappa shape index (κ1) is 18.3. The van der Waals surface area contributed by atoms with Gasteiger partial charge in [-0.2, -0.15) is 0 Å². The van der Waals surface area contributed by atoms with Gasteiger partial charge in [-0.15, -0.1) is 11.6 Å². The monoisotopic (exact) mass is 304 g/mol. The maximum absolute atomic E-state index is 6.29. The fourth-order valence-electron chi connectivity index (χ4n) is 3.24. The maximum atomic E-state index is 6.29. The average Bonchev–Trinajstić information content (AvgIpc) is 2.42. The number of rotatable bonds is 8. The van der Waals surface area contributed by atoms with Crippen LogP contribution in [0.3, 0.4) is 0 Å². The summed E-state index contributed by atoms with van der Waals surface area (Å²) < 4.78 is 10.7. The summed E-state index contributed by atoms with van der Waals surface area (Å²) in [7, 11) is 1.73. The summed E-state index contributed by atoms with van der Waals surface area (Å²) in [6.07, 6.45) is 7.26. The van der Waals surface area contributed by atoms with E-state index < -0.39 is 0 Å². The number of alkyl halides is 1. The molecule has 0 spiro atoms. The lowest BCUT2D eigenvalue weighted by atomic mass is 9.64. The minimum absolute atomic E-state index is 0.324. The van der Waals surface area contributed by atoms with E-state index in [0.717, 1.165) is 44.5 Å². The lowest BCUT2D eigenvalue weighted by Gasteiger charge is -2.43. The van der Waals surface area contributed by atoms with Crippen LogP contribution in [0.25, 0.3) is 0 Å². The average molecular weight is 305 g/mol. The molecule has 1 saturated carbocycles. The van der Waals surface area contributed by atoms with Crippen molar-refractivity contribution < 1.29 is 9.47 Å². The number of methoxy groups -OCH3 is 1. The van der Waals surface area contributed by atoms with E-state index in [-0.39, 0.29) is 0 Å². The van der Waals surface area contributed by atoms with E-state index >= 15 is 0 Å². The topological polar surface area (TPSA) is 18.5 Å². The molecule has 2 nitrogen and oxygen atoms in total. The molecule has 0 saturated heterocycles. The van der Waals surface area contributed by atoms with Crippen molar-refractivity contribution in [2.75, 3.05) is 32.8 Å². The van der Waals surface area contributed by atoms with Crippen LogP contribution < -0.4 is 0 Å². The first-order valence-corrected chi connectivity index (χ1v) is 8.60. The maximum Gasteiger partial charge on any atom is 0.0487 e. The Labute approximate surface area is 130 Å². The van der Waals surface area contributed by atoms with Crippen LogP contribution in [0.1, 0.15) is 59.3 Å². The Kier molecular flexibility index (Phi) is 7.86. The molecule has 0 atom stereocenters. The highest BCUT2D eigenvalue weighted by molar-refractivity contribution is 6.18. The molecular weight excluding hydrogens is 272 g/mol. The summed E-state index contributed by atoms with van der Waals surface area (Å²) in [6.45, 7) is 9.53. The predicted molar refractivity (Wildman–Crippen MR) is 86.5 cm³/mol. The fraction of sp³-hybridized carbons (Fsp3) is 1.00. The van der Waals surface area contributed by atoms with Crippen molar-refractivity contribution in [2.45, 2.75) is 59.3 Å². The summed E-state index contributed by atoms with van der Waals surface area (Å²) in [5.41, 5.74) is 0.764. The van der Waals surface area contributed by atoms with E-state index in [9.17, 15) is 0 Å². The van der Waals surface area contributed by atoms with Gasteiger partial charge in [0.25, 0.3) is 0 Å². The molecular formula is C17H33ClO2. The van der Waals surface area contributed by atoms with Gasteiger partial charge in [0.1, 0.15) is 0 Å². The van der Waals surface area contributed by atoms with Crippen LogP contribution in [-0.2, 0) is 9.47 Å². The van der Waals surface area contributed by atoms with Crippen molar-refractivity contribution in [3.05, 3.63) is 0 Å². The molecule has 3 heteroatoms. The molecule has 0 aromatic rings. The van der Waals surface area contributed by atoms with Gasteiger partial charge < -0.3 is 9.47 Å². The standard InChI is InChI=1S/C17H33ClO2/c1-16(2,3)15-6-8-17(14-18,9-7-15)10-13-20-12-5-11-19-4/h15H,5-14H2,1-4H3. The molecule has 1 aliphatic rings. The van der Waals surface area contributed by atoms with Crippen LogP contribution in [-0.4, -0.2) is 32.8 Å². The van der Waals surface area contributed by atoms with Crippen molar-refractivity contribution in [1.29, 1.82) is 0 Å². The molecule has 0 N–H and O–H groups in total. The Hall–Kier alpha value is 0.210. The van der Waals surface area contributed by atoms with E-state index in [1.54, 1.807) is 7.11 Å². The molecule has 1 rings (SSSR count). The zero-order chi connectivity index (χ0) is 15.1. The number of ether oxygens (including phenoxy) is 2. The van der Waals surface area contributed by atoms with E-state index in [1.807, 2.05) is 0 Å². The van der Waals surface area contributed by atoms with Gasteiger partial charge in [0.05, 0.1) is 0 Å². The summed E-state index contributed by atoms with van der Waals surface area (Å²) >= 11 is 6.29. The van der Waals surface area contributed by atoms with Crippen LogP contribution in [0.4, 0.5) is 0 Å². The summed E-state index contributed by atoms with van der Waals surface area (Å²) in [4.78, 5) is 0. The first-order valence-electron chi connectivity index (χ1n) is 8.06. The van der Waals surface area contributed by atoms with Gasteiger partial charge in [-0.3, -0.25) is 0 Å². The second kappa shape index (κ2) is 8.60. The molecule has 0 radical (unpaired) electrons. The zero-order valence-electron chi connectivity index (χ0n) is 13.8. The van der Waals surface area contributed by atoms with Crippen LogP contribution in [0.5, 0.6) is 0 Å². The number of hydrogen-bond acceptors (Lipinski definition) is 2. The second-order valence-corrected chi connectivity index (χ2v) is 7.75. The second-order valence-electron chi connectivity index (χ2n) is 7.48. The van der Waals surface area contributed by atoms with Gasteiger partial charge in [-0.25, -0.2) is 0 Å². The highest BCUT2D eigenvalue weighted by atomic mass is 35.5. The molecule has 1 aliphatic carbocycles. The fourth-order valence-corrected chi connectivity index (χ4v) is 3.64. The molecule has 0 bridgehead atoms. The predicted octanol–water partition coefficient (Wildman–Crippen LogP) is 4.89. The van der Waals surface area contributed by atoms with Gasteiger partial charge in [0.15, 0.2) is 0 Å². The SMILES string of the molecule is COCCCOCCC1(CCl)CCC(C(C)(C)C)CC1. The van der Waals surface area contributed by atoms with Crippen molar-refractivity contribution in [2.24, 2.45) is 16.7 Å². The van der Waals surface area contributed by atoms with Crippen LogP contribution in [0, 0.1) is 16.7 Å². The molecule has 120 valence electrons. The zero-order valence-corrected chi connectivity index (χ0v) is 14.6. The summed E-state index contributed by atoms with van der Waals surface area (Å²) in [5.74, 6) is 1.63. The van der Waals surface area contributed by atoms with Crippen LogP contribution in [0.2, 0.25) is 0 Å². The Bertz CT molecular complexity index is 252. The number of hydrogen-bond donors (Lipinski definition) is 0. The summed E-state index contributed by atoms with van der Waals surface area (Å²) in [5, 5.41) is 0. The van der Waals surface area contributed by atoms with Gasteiger partial charge in [0, 0.05) is 32.8 Å². The minimum atomic E-state index is 0.324. The van der Waals surface area contributed by atoms with Crippen molar-refractivity contribution in [3.63, 3.8) is 0 Å². The van der Waals surface area contributed by atoms with Gasteiger partial charge in [-0.1, -0.05) is 20.8 Å². The molecule has 0 amide bonds. The molecule has 0 aromatic carbocycles.